The molecule has 1 aliphatic rings. The van der Waals surface area contributed by atoms with Gasteiger partial charge in [0.25, 0.3) is 0 Å². The first-order valence-corrected chi connectivity index (χ1v) is 7.32. The van der Waals surface area contributed by atoms with Gasteiger partial charge >= 0.3 is 0 Å². The summed E-state index contributed by atoms with van der Waals surface area (Å²) in [7, 11) is 1.82. The van der Waals surface area contributed by atoms with Crippen LogP contribution in [0.1, 0.15) is 30.9 Å². The van der Waals surface area contributed by atoms with Crippen molar-refractivity contribution in [1.29, 1.82) is 0 Å². The molecule has 0 aromatic heterocycles. The number of hydrogen-bond donors (Lipinski definition) is 1. The molecule has 0 unspecified atom stereocenters. The van der Waals surface area contributed by atoms with Crippen LogP contribution in [0.15, 0.2) is 18.2 Å². The summed E-state index contributed by atoms with van der Waals surface area (Å²) in [5.74, 6) is 0. The molecule has 0 saturated carbocycles. The lowest BCUT2D eigenvalue weighted by Crippen LogP contribution is -2.37. The molecule has 1 aromatic carbocycles. The minimum absolute atomic E-state index is 0.443. The monoisotopic (exact) mass is 262 g/mol. The van der Waals surface area contributed by atoms with E-state index in [1.807, 2.05) is 7.11 Å². The quantitative estimate of drug-likeness (QED) is 0.883. The van der Waals surface area contributed by atoms with Gasteiger partial charge in [-0.05, 0) is 37.9 Å². The Hall–Kier alpha value is -1.06. The van der Waals surface area contributed by atoms with E-state index in [0.29, 0.717) is 6.10 Å². The zero-order valence-corrected chi connectivity index (χ0v) is 12.4. The summed E-state index contributed by atoms with van der Waals surface area (Å²) >= 11 is 0. The number of nitrogens with zero attached hydrogens (tertiary/aromatic N) is 1. The van der Waals surface area contributed by atoms with Gasteiger partial charge in [-0.1, -0.05) is 24.6 Å². The summed E-state index contributed by atoms with van der Waals surface area (Å²) in [5.41, 5.74) is 4.14. The standard InChI is InChI=1S/C16H26N2O/c1-4-17-12-14-11-13(2)5-6-16(14)18-9-7-15(19-3)8-10-18/h5-6,11,15,17H,4,7-10,12H2,1-3H3. The van der Waals surface area contributed by atoms with Gasteiger partial charge in [0.05, 0.1) is 6.10 Å². The first kappa shape index (κ1) is 14.4. The molecule has 0 aliphatic carbocycles. The Morgan fingerprint density at radius 1 is 1.32 bits per heavy atom. The van der Waals surface area contributed by atoms with Gasteiger partial charge in [0.2, 0.25) is 0 Å². The van der Waals surface area contributed by atoms with Crippen molar-refractivity contribution in [3.8, 4) is 0 Å². The van der Waals surface area contributed by atoms with Crippen LogP contribution in [-0.4, -0.2) is 32.8 Å². The van der Waals surface area contributed by atoms with Crippen LogP contribution in [0, 0.1) is 6.92 Å². The molecule has 19 heavy (non-hydrogen) atoms. The van der Waals surface area contributed by atoms with E-state index in [-0.39, 0.29) is 0 Å². The number of hydrogen-bond acceptors (Lipinski definition) is 3. The third kappa shape index (κ3) is 3.71. The molecule has 1 aliphatic heterocycles. The average Bonchev–Trinajstić information content (AvgIpc) is 2.45. The largest absolute Gasteiger partial charge is 0.381 e. The first-order chi connectivity index (χ1) is 9.24. The van der Waals surface area contributed by atoms with Crippen molar-refractivity contribution in [1.82, 2.24) is 5.32 Å². The van der Waals surface area contributed by atoms with Crippen molar-refractivity contribution in [2.24, 2.45) is 0 Å². The summed E-state index contributed by atoms with van der Waals surface area (Å²) in [6.45, 7) is 8.48. The van der Waals surface area contributed by atoms with Gasteiger partial charge in [0.15, 0.2) is 0 Å². The van der Waals surface area contributed by atoms with Crippen LogP contribution in [0.3, 0.4) is 0 Å². The van der Waals surface area contributed by atoms with Crippen molar-refractivity contribution in [3.63, 3.8) is 0 Å². The number of anilines is 1. The SMILES string of the molecule is CCNCc1cc(C)ccc1N1CCC(OC)CC1. The van der Waals surface area contributed by atoms with Crippen LogP contribution in [0.5, 0.6) is 0 Å². The summed E-state index contributed by atoms with van der Waals surface area (Å²) in [6.07, 6.45) is 2.70. The van der Waals surface area contributed by atoms with E-state index in [2.05, 4.69) is 42.3 Å². The van der Waals surface area contributed by atoms with Crippen molar-refractivity contribution >= 4 is 5.69 Å². The predicted molar refractivity (Wildman–Crippen MR) is 80.8 cm³/mol. The third-order valence-electron chi connectivity index (χ3n) is 3.92. The molecule has 3 nitrogen and oxygen atoms in total. The van der Waals surface area contributed by atoms with E-state index < -0.39 is 0 Å². The number of aryl methyl sites for hydroxylation is 1. The highest BCUT2D eigenvalue weighted by molar-refractivity contribution is 5.55. The van der Waals surface area contributed by atoms with Crippen LogP contribution in [0.2, 0.25) is 0 Å². The lowest BCUT2D eigenvalue weighted by molar-refractivity contribution is 0.0819. The van der Waals surface area contributed by atoms with Gasteiger partial charge < -0.3 is 15.0 Å². The van der Waals surface area contributed by atoms with Crippen LogP contribution in [0.25, 0.3) is 0 Å². The van der Waals surface area contributed by atoms with Gasteiger partial charge in [0.1, 0.15) is 0 Å². The van der Waals surface area contributed by atoms with Crippen LogP contribution < -0.4 is 10.2 Å². The number of piperidine rings is 1. The minimum Gasteiger partial charge on any atom is -0.381 e. The molecule has 106 valence electrons. The van der Waals surface area contributed by atoms with E-state index in [4.69, 9.17) is 4.74 Å². The zero-order chi connectivity index (χ0) is 13.7. The second kappa shape index (κ2) is 6.92. The molecule has 0 spiro atoms. The molecular formula is C16H26N2O. The van der Waals surface area contributed by atoms with E-state index in [0.717, 1.165) is 39.0 Å². The summed E-state index contributed by atoms with van der Waals surface area (Å²) in [4.78, 5) is 2.50. The second-order valence-electron chi connectivity index (χ2n) is 5.33. The van der Waals surface area contributed by atoms with Gasteiger partial charge in [-0.15, -0.1) is 0 Å². The maximum atomic E-state index is 5.45. The molecule has 3 heteroatoms. The minimum atomic E-state index is 0.443. The Bertz CT molecular complexity index is 398. The Kier molecular flexibility index (Phi) is 5.23. The van der Waals surface area contributed by atoms with E-state index in [1.165, 1.54) is 16.8 Å². The summed E-state index contributed by atoms with van der Waals surface area (Å²) in [6, 6.07) is 6.79. The second-order valence-corrected chi connectivity index (χ2v) is 5.33. The fraction of sp³-hybridized carbons (Fsp3) is 0.625. The number of ether oxygens (including phenoxy) is 1. The molecular weight excluding hydrogens is 236 g/mol. The lowest BCUT2D eigenvalue weighted by Gasteiger charge is -2.34. The summed E-state index contributed by atoms with van der Waals surface area (Å²) < 4.78 is 5.45. The van der Waals surface area contributed by atoms with Crippen LogP contribution in [0.4, 0.5) is 5.69 Å². The topological polar surface area (TPSA) is 24.5 Å². The zero-order valence-electron chi connectivity index (χ0n) is 12.4. The Balaban J connectivity index is 2.10. The maximum Gasteiger partial charge on any atom is 0.0605 e. The molecule has 1 saturated heterocycles. The maximum absolute atomic E-state index is 5.45. The highest BCUT2D eigenvalue weighted by atomic mass is 16.5. The first-order valence-electron chi connectivity index (χ1n) is 7.32. The summed E-state index contributed by atoms with van der Waals surface area (Å²) in [5, 5.41) is 3.44. The Morgan fingerprint density at radius 2 is 2.05 bits per heavy atom. The number of nitrogens with one attached hydrogen (secondary N) is 1. The van der Waals surface area contributed by atoms with Crippen molar-refractivity contribution in [2.75, 3.05) is 31.6 Å². The molecule has 1 fully saturated rings. The fourth-order valence-corrected chi connectivity index (χ4v) is 2.76. The normalized spacial score (nSPS) is 16.9. The predicted octanol–water partition coefficient (Wildman–Crippen LogP) is 2.72. The van der Waals surface area contributed by atoms with Crippen LogP contribution >= 0.6 is 0 Å². The molecule has 0 amide bonds. The number of benzene rings is 1. The smallest absolute Gasteiger partial charge is 0.0605 e. The van der Waals surface area contributed by atoms with Crippen LogP contribution in [-0.2, 0) is 11.3 Å². The van der Waals surface area contributed by atoms with Crippen molar-refractivity contribution in [3.05, 3.63) is 29.3 Å². The molecule has 1 aromatic rings. The van der Waals surface area contributed by atoms with Crippen molar-refractivity contribution < 1.29 is 4.74 Å². The van der Waals surface area contributed by atoms with E-state index in [1.54, 1.807) is 0 Å². The molecule has 1 N–H and O–H groups in total. The van der Waals surface area contributed by atoms with E-state index >= 15 is 0 Å². The molecule has 1 heterocycles. The highest BCUT2D eigenvalue weighted by Gasteiger charge is 2.20. The highest BCUT2D eigenvalue weighted by Crippen LogP contribution is 2.26. The average molecular weight is 262 g/mol. The number of methoxy groups -OCH3 is 1. The number of rotatable bonds is 5. The van der Waals surface area contributed by atoms with Crippen molar-refractivity contribution in [2.45, 2.75) is 39.3 Å². The Labute approximate surface area is 116 Å². The molecule has 0 radical (unpaired) electrons. The Morgan fingerprint density at radius 3 is 2.68 bits per heavy atom. The molecule has 2 rings (SSSR count). The van der Waals surface area contributed by atoms with E-state index in [9.17, 15) is 0 Å². The van der Waals surface area contributed by atoms with Gasteiger partial charge in [-0.2, -0.15) is 0 Å². The third-order valence-corrected chi connectivity index (χ3v) is 3.92. The van der Waals surface area contributed by atoms with Gasteiger partial charge in [-0.3, -0.25) is 0 Å². The lowest BCUT2D eigenvalue weighted by atomic mass is 10.0. The fourth-order valence-electron chi connectivity index (χ4n) is 2.76. The molecule has 0 atom stereocenters. The van der Waals surface area contributed by atoms with Gasteiger partial charge in [-0.25, -0.2) is 0 Å². The van der Waals surface area contributed by atoms with Gasteiger partial charge in [0, 0.05) is 32.4 Å². The molecule has 0 bridgehead atoms.